The second kappa shape index (κ2) is 5.60. The van der Waals surface area contributed by atoms with Crippen molar-refractivity contribution in [2.75, 3.05) is 6.54 Å². The first kappa shape index (κ1) is 12.5. The standard InChI is InChI=1S/C12H19N3OS/c1-9-4-2-3-5-15(9)12(16)6-10-8-17-11(7-13)14-10/h8-9H,2-7,13H2,1H3. The molecule has 1 aliphatic heterocycles. The number of aromatic nitrogens is 1. The van der Waals surface area contributed by atoms with Crippen LogP contribution in [-0.2, 0) is 17.8 Å². The molecule has 0 aromatic carbocycles. The lowest BCUT2D eigenvalue weighted by Gasteiger charge is -2.33. The third-order valence-electron chi connectivity index (χ3n) is 3.23. The van der Waals surface area contributed by atoms with E-state index < -0.39 is 0 Å². The van der Waals surface area contributed by atoms with Crippen LogP contribution in [0.3, 0.4) is 0 Å². The highest BCUT2D eigenvalue weighted by molar-refractivity contribution is 7.09. The number of thiazole rings is 1. The zero-order valence-electron chi connectivity index (χ0n) is 10.2. The molecule has 1 atom stereocenters. The second-order valence-corrected chi connectivity index (χ2v) is 5.49. The van der Waals surface area contributed by atoms with Gasteiger partial charge < -0.3 is 10.6 Å². The maximum absolute atomic E-state index is 12.1. The van der Waals surface area contributed by atoms with Crippen LogP contribution in [0.2, 0.25) is 0 Å². The van der Waals surface area contributed by atoms with Crippen molar-refractivity contribution in [3.63, 3.8) is 0 Å². The van der Waals surface area contributed by atoms with Crippen molar-refractivity contribution >= 4 is 17.2 Å². The van der Waals surface area contributed by atoms with Crippen LogP contribution in [0.25, 0.3) is 0 Å². The van der Waals surface area contributed by atoms with Crippen molar-refractivity contribution in [3.05, 3.63) is 16.1 Å². The van der Waals surface area contributed by atoms with Gasteiger partial charge in [-0.05, 0) is 26.2 Å². The Morgan fingerprint density at radius 1 is 1.65 bits per heavy atom. The lowest BCUT2D eigenvalue weighted by atomic mass is 10.0. The molecule has 17 heavy (non-hydrogen) atoms. The molecule has 0 bridgehead atoms. The molecule has 0 aliphatic carbocycles. The lowest BCUT2D eigenvalue weighted by Crippen LogP contribution is -2.42. The van der Waals surface area contributed by atoms with Gasteiger partial charge in [-0.1, -0.05) is 0 Å². The fraction of sp³-hybridized carbons (Fsp3) is 0.667. The van der Waals surface area contributed by atoms with E-state index >= 15 is 0 Å². The van der Waals surface area contributed by atoms with Crippen molar-refractivity contribution in [1.82, 2.24) is 9.88 Å². The lowest BCUT2D eigenvalue weighted by molar-refractivity contribution is -0.133. The molecule has 94 valence electrons. The molecular weight excluding hydrogens is 234 g/mol. The molecule has 1 amide bonds. The average Bonchev–Trinajstić information content (AvgIpc) is 2.77. The van der Waals surface area contributed by atoms with Gasteiger partial charge in [0.2, 0.25) is 5.91 Å². The van der Waals surface area contributed by atoms with Gasteiger partial charge in [0.1, 0.15) is 5.01 Å². The number of nitrogens with zero attached hydrogens (tertiary/aromatic N) is 2. The zero-order chi connectivity index (χ0) is 12.3. The Morgan fingerprint density at radius 2 is 2.47 bits per heavy atom. The van der Waals surface area contributed by atoms with Gasteiger partial charge in [0, 0.05) is 24.5 Å². The van der Waals surface area contributed by atoms with Gasteiger partial charge in [0.05, 0.1) is 12.1 Å². The SMILES string of the molecule is CC1CCCCN1C(=O)Cc1csc(CN)n1. The van der Waals surface area contributed by atoms with E-state index in [1.807, 2.05) is 10.3 Å². The monoisotopic (exact) mass is 253 g/mol. The first-order chi connectivity index (χ1) is 8.20. The van der Waals surface area contributed by atoms with Gasteiger partial charge in [0.15, 0.2) is 0 Å². The maximum atomic E-state index is 12.1. The van der Waals surface area contributed by atoms with Crippen LogP contribution < -0.4 is 5.73 Å². The quantitative estimate of drug-likeness (QED) is 0.889. The van der Waals surface area contributed by atoms with Gasteiger partial charge in [-0.2, -0.15) is 0 Å². The van der Waals surface area contributed by atoms with E-state index in [0.29, 0.717) is 19.0 Å². The Hall–Kier alpha value is -0.940. The van der Waals surface area contributed by atoms with Gasteiger partial charge in [-0.25, -0.2) is 4.98 Å². The number of hydrogen-bond donors (Lipinski definition) is 1. The van der Waals surface area contributed by atoms with Crippen LogP contribution in [-0.4, -0.2) is 28.4 Å². The van der Waals surface area contributed by atoms with E-state index in [4.69, 9.17) is 5.73 Å². The topological polar surface area (TPSA) is 59.2 Å². The maximum Gasteiger partial charge on any atom is 0.228 e. The summed E-state index contributed by atoms with van der Waals surface area (Å²) in [5, 5.41) is 2.84. The first-order valence-corrected chi connectivity index (χ1v) is 7.01. The molecule has 0 spiro atoms. The molecule has 0 saturated carbocycles. The van der Waals surface area contributed by atoms with Crippen LogP contribution in [0, 0.1) is 0 Å². The summed E-state index contributed by atoms with van der Waals surface area (Å²) in [5.74, 6) is 0.200. The third-order valence-corrected chi connectivity index (χ3v) is 4.15. The molecule has 1 fully saturated rings. The zero-order valence-corrected chi connectivity index (χ0v) is 11.0. The molecule has 1 aromatic rings. The first-order valence-electron chi connectivity index (χ1n) is 6.13. The second-order valence-electron chi connectivity index (χ2n) is 4.55. The summed E-state index contributed by atoms with van der Waals surface area (Å²) in [5.41, 5.74) is 6.37. The molecule has 2 heterocycles. The van der Waals surface area contributed by atoms with Crippen molar-refractivity contribution in [2.24, 2.45) is 5.73 Å². The Morgan fingerprint density at radius 3 is 3.12 bits per heavy atom. The smallest absolute Gasteiger partial charge is 0.228 e. The minimum atomic E-state index is 0.200. The van der Waals surface area contributed by atoms with Gasteiger partial charge in [-0.3, -0.25) is 4.79 Å². The highest BCUT2D eigenvalue weighted by atomic mass is 32.1. The molecule has 4 nitrogen and oxygen atoms in total. The number of carbonyl (C=O) groups is 1. The Kier molecular flexibility index (Phi) is 4.12. The summed E-state index contributed by atoms with van der Waals surface area (Å²) < 4.78 is 0. The number of rotatable bonds is 3. The highest BCUT2D eigenvalue weighted by Crippen LogP contribution is 2.18. The Labute approximate surface area is 106 Å². The van der Waals surface area contributed by atoms with E-state index in [0.717, 1.165) is 30.1 Å². The molecule has 0 radical (unpaired) electrons. The van der Waals surface area contributed by atoms with Crippen LogP contribution in [0.4, 0.5) is 0 Å². The van der Waals surface area contributed by atoms with E-state index in [-0.39, 0.29) is 5.91 Å². The minimum Gasteiger partial charge on any atom is -0.340 e. The van der Waals surface area contributed by atoms with Gasteiger partial charge in [0.25, 0.3) is 0 Å². The summed E-state index contributed by atoms with van der Waals surface area (Å²) >= 11 is 1.53. The fourth-order valence-corrected chi connectivity index (χ4v) is 2.92. The number of nitrogens with two attached hydrogens (primary N) is 1. The summed E-state index contributed by atoms with van der Waals surface area (Å²) in [6.45, 7) is 3.48. The van der Waals surface area contributed by atoms with E-state index in [9.17, 15) is 4.79 Å². The molecule has 2 N–H and O–H groups in total. The van der Waals surface area contributed by atoms with E-state index in [1.54, 1.807) is 0 Å². The molecule has 1 aliphatic rings. The van der Waals surface area contributed by atoms with Crippen LogP contribution in [0.5, 0.6) is 0 Å². The minimum absolute atomic E-state index is 0.200. The number of hydrogen-bond acceptors (Lipinski definition) is 4. The Bertz CT molecular complexity index is 391. The highest BCUT2D eigenvalue weighted by Gasteiger charge is 2.23. The number of amides is 1. The number of likely N-dealkylation sites (tertiary alicyclic amines) is 1. The largest absolute Gasteiger partial charge is 0.340 e. The van der Waals surface area contributed by atoms with Gasteiger partial charge >= 0.3 is 0 Å². The number of carbonyl (C=O) groups excluding carboxylic acids is 1. The predicted molar refractivity (Wildman–Crippen MR) is 68.7 cm³/mol. The van der Waals surface area contributed by atoms with Crippen LogP contribution >= 0.6 is 11.3 Å². The Balaban J connectivity index is 1.95. The van der Waals surface area contributed by atoms with E-state index in [2.05, 4.69) is 11.9 Å². The molecule has 1 aromatic heterocycles. The molecule has 1 unspecified atom stereocenters. The molecule has 1 saturated heterocycles. The van der Waals surface area contributed by atoms with Crippen molar-refractivity contribution in [3.8, 4) is 0 Å². The average molecular weight is 253 g/mol. The normalized spacial score (nSPS) is 20.6. The molecule has 2 rings (SSSR count). The summed E-state index contributed by atoms with van der Waals surface area (Å²) in [6, 6.07) is 0.379. The van der Waals surface area contributed by atoms with Crippen molar-refractivity contribution in [2.45, 2.75) is 45.2 Å². The third kappa shape index (κ3) is 3.04. The van der Waals surface area contributed by atoms with Crippen LogP contribution in [0.15, 0.2) is 5.38 Å². The summed E-state index contributed by atoms with van der Waals surface area (Å²) in [4.78, 5) is 18.5. The number of piperidine rings is 1. The van der Waals surface area contributed by atoms with Crippen LogP contribution in [0.1, 0.15) is 36.9 Å². The van der Waals surface area contributed by atoms with Crippen molar-refractivity contribution in [1.29, 1.82) is 0 Å². The molecule has 5 heteroatoms. The van der Waals surface area contributed by atoms with E-state index in [1.165, 1.54) is 17.8 Å². The van der Waals surface area contributed by atoms with Gasteiger partial charge in [-0.15, -0.1) is 11.3 Å². The summed E-state index contributed by atoms with van der Waals surface area (Å²) in [7, 11) is 0. The summed E-state index contributed by atoms with van der Waals surface area (Å²) in [6.07, 6.45) is 3.90. The predicted octanol–water partition coefficient (Wildman–Crippen LogP) is 1.55. The fourth-order valence-electron chi connectivity index (χ4n) is 2.25. The molecular formula is C12H19N3OS. The van der Waals surface area contributed by atoms with Crippen molar-refractivity contribution < 1.29 is 4.79 Å².